The molecule has 0 bridgehead atoms. The number of Topliss-reactive ketones (excluding diaryl/α,β-unsaturated/α-hetero) is 1. The van der Waals surface area contributed by atoms with Crippen molar-refractivity contribution in [3.05, 3.63) is 124 Å². The van der Waals surface area contributed by atoms with E-state index < -0.39 is 41.3 Å². The van der Waals surface area contributed by atoms with Gasteiger partial charge in [0.15, 0.2) is 0 Å². The van der Waals surface area contributed by atoms with Gasteiger partial charge in [0.1, 0.15) is 24.7 Å². The average Bonchev–Trinajstić information content (AvgIpc) is 3.65. The van der Waals surface area contributed by atoms with Gasteiger partial charge in [-0.25, -0.2) is 9.78 Å². The number of anilines is 2. The molecule has 0 saturated heterocycles. The molecule has 0 aliphatic heterocycles. The van der Waals surface area contributed by atoms with E-state index >= 15 is 0 Å². The van der Waals surface area contributed by atoms with Crippen molar-refractivity contribution in [2.24, 2.45) is 5.92 Å². The molecule has 0 unspecified atom stereocenters. The van der Waals surface area contributed by atoms with Crippen molar-refractivity contribution >= 4 is 29.2 Å². The quantitative estimate of drug-likeness (QED) is 0.144. The maximum atomic E-state index is 13.9. The number of ketones is 1. The van der Waals surface area contributed by atoms with E-state index in [0.717, 1.165) is 21.4 Å². The molecule has 0 radical (unpaired) electrons. The second-order valence-corrected chi connectivity index (χ2v) is 13.5. The fourth-order valence-electron chi connectivity index (χ4n) is 5.53. The number of ether oxygens (including phenoxy) is 1. The number of hydrogen-bond donors (Lipinski definition) is 2. The van der Waals surface area contributed by atoms with Crippen LogP contribution in [0.2, 0.25) is 0 Å². The summed E-state index contributed by atoms with van der Waals surface area (Å²) in [5.74, 6) is -1.38. The third-order valence-corrected chi connectivity index (χ3v) is 8.67. The minimum absolute atomic E-state index is 0.00856. The second kappa shape index (κ2) is 15.8. The summed E-state index contributed by atoms with van der Waals surface area (Å²) in [7, 11) is 3.92. The molecule has 2 N–H and O–H groups in total. The molecule has 52 heavy (non-hydrogen) atoms. The zero-order valence-electron chi connectivity index (χ0n) is 30.3. The molecule has 1 atom stereocenters. The van der Waals surface area contributed by atoms with Crippen LogP contribution >= 0.6 is 0 Å². The van der Waals surface area contributed by atoms with Gasteiger partial charge in [-0.3, -0.25) is 24.3 Å². The molecular formula is C39H43N7O6. The van der Waals surface area contributed by atoms with Gasteiger partial charge in [0.25, 0.3) is 11.4 Å². The van der Waals surface area contributed by atoms with Crippen molar-refractivity contribution < 1.29 is 23.5 Å². The molecule has 3 aromatic carbocycles. The first-order chi connectivity index (χ1) is 24.8. The summed E-state index contributed by atoms with van der Waals surface area (Å²) in [6.45, 7) is 8.45. The van der Waals surface area contributed by atoms with Crippen LogP contribution in [0.5, 0.6) is 0 Å². The molecule has 2 aromatic heterocycles. The Balaban J connectivity index is 1.37. The lowest BCUT2D eigenvalue weighted by atomic mass is 9.84. The van der Waals surface area contributed by atoms with Crippen molar-refractivity contribution in [1.29, 1.82) is 0 Å². The lowest BCUT2D eigenvalue weighted by Gasteiger charge is -2.22. The Bertz CT molecular complexity index is 2090. The molecule has 13 nitrogen and oxygen atoms in total. The zero-order chi connectivity index (χ0) is 37.6. The Morgan fingerprint density at radius 1 is 0.923 bits per heavy atom. The van der Waals surface area contributed by atoms with Crippen LogP contribution in [-0.4, -0.2) is 57.7 Å². The Hall–Kier alpha value is -6.11. The number of aromatic nitrogens is 4. The van der Waals surface area contributed by atoms with Gasteiger partial charge < -0.3 is 19.4 Å². The number of carbonyl (C=O) groups is 3. The van der Waals surface area contributed by atoms with Gasteiger partial charge in [-0.2, -0.15) is 0 Å². The van der Waals surface area contributed by atoms with E-state index in [4.69, 9.17) is 9.15 Å². The molecule has 0 aliphatic rings. The third kappa shape index (κ3) is 8.43. The second-order valence-electron chi connectivity index (χ2n) is 13.5. The van der Waals surface area contributed by atoms with Crippen LogP contribution in [0.1, 0.15) is 61.1 Å². The molecule has 0 fully saturated rings. The predicted molar refractivity (Wildman–Crippen MR) is 197 cm³/mol. The number of benzene rings is 3. The van der Waals surface area contributed by atoms with Crippen LogP contribution in [0.15, 0.2) is 94.1 Å². The summed E-state index contributed by atoms with van der Waals surface area (Å²) in [6, 6.07) is 24.8. The standard InChI is InChI=1S/C39H43N7O6/c1-24(2)31(33(48)35-43-44-37(52-35)39(4,5)28-18-20-29(21-19-28)45(6)7)41-30(47)22-46-34(27-16-12-9-13-17-27)40-25(3)32(36(46)49)42-38(50)51-23-26-14-10-8-11-15-26/h8-21,24,31H,22-23H2,1-7H3,(H,41,47)(H,42,50)/t31-/m0/s1. The summed E-state index contributed by atoms with van der Waals surface area (Å²) in [5, 5.41) is 13.5. The number of rotatable bonds is 13. The van der Waals surface area contributed by atoms with E-state index in [9.17, 15) is 19.2 Å². The number of hydrogen-bond acceptors (Lipinski definition) is 10. The SMILES string of the molecule is Cc1nc(-c2ccccc2)n(CC(=O)N[C@H](C(=O)c2nnc(C(C)(C)c3ccc(N(C)C)cc3)o2)C(C)C)c(=O)c1NC(=O)OCc1ccccc1. The summed E-state index contributed by atoms with van der Waals surface area (Å²) in [4.78, 5) is 60.7. The van der Waals surface area contributed by atoms with Crippen LogP contribution in [0, 0.1) is 12.8 Å². The Labute approximate surface area is 302 Å². The van der Waals surface area contributed by atoms with Gasteiger partial charge >= 0.3 is 6.09 Å². The molecule has 0 spiro atoms. The van der Waals surface area contributed by atoms with Crippen LogP contribution in [0.3, 0.4) is 0 Å². The van der Waals surface area contributed by atoms with E-state index in [1.807, 2.05) is 81.4 Å². The maximum Gasteiger partial charge on any atom is 0.412 e. The van der Waals surface area contributed by atoms with Crippen molar-refractivity contribution in [1.82, 2.24) is 25.1 Å². The fourth-order valence-corrected chi connectivity index (χ4v) is 5.53. The minimum Gasteiger partial charge on any atom is -0.444 e. The van der Waals surface area contributed by atoms with Crippen LogP contribution in [-0.2, 0) is 28.1 Å². The Kier molecular flexibility index (Phi) is 11.3. The van der Waals surface area contributed by atoms with E-state index in [-0.39, 0.29) is 41.5 Å². The maximum absolute atomic E-state index is 13.9. The zero-order valence-corrected chi connectivity index (χ0v) is 30.3. The lowest BCUT2D eigenvalue weighted by molar-refractivity contribution is -0.122. The summed E-state index contributed by atoms with van der Waals surface area (Å²) >= 11 is 0. The smallest absolute Gasteiger partial charge is 0.412 e. The monoisotopic (exact) mass is 705 g/mol. The predicted octanol–water partition coefficient (Wildman–Crippen LogP) is 5.77. The highest BCUT2D eigenvalue weighted by Crippen LogP contribution is 2.32. The number of aryl methyl sites for hydroxylation is 1. The molecule has 270 valence electrons. The van der Waals surface area contributed by atoms with Crippen LogP contribution in [0.4, 0.5) is 16.2 Å². The largest absolute Gasteiger partial charge is 0.444 e. The van der Waals surface area contributed by atoms with E-state index in [1.165, 1.54) is 0 Å². The van der Waals surface area contributed by atoms with Crippen LogP contribution in [0.25, 0.3) is 11.4 Å². The van der Waals surface area contributed by atoms with Gasteiger partial charge in [0.05, 0.1) is 17.2 Å². The number of carbonyl (C=O) groups excluding carboxylic acids is 3. The van der Waals surface area contributed by atoms with Crippen molar-refractivity contribution in [2.45, 2.75) is 59.2 Å². The van der Waals surface area contributed by atoms with E-state index in [1.54, 1.807) is 57.2 Å². The highest BCUT2D eigenvalue weighted by molar-refractivity contribution is 5.98. The average molecular weight is 706 g/mol. The first kappa shape index (κ1) is 37.2. The topological polar surface area (TPSA) is 162 Å². The Morgan fingerprint density at radius 3 is 2.17 bits per heavy atom. The number of amides is 2. The fraction of sp³-hybridized carbons (Fsp3) is 0.308. The molecular weight excluding hydrogens is 662 g/mol. The van der Waals surface area contributed by atoms with Crippen LogP contribution < -0.4 is 21.1 Å². The van der Waals surface area contributed by atoms with Crippen molar-refractivity contribution in [2.75, 3.05) is 24.3 Å². The van der Waals surface area contributed by atoms with Gasteiger partial charge in [0.2, 0.25) is 17.6 Å². The molecule has 5 rings (SSSR count). The molecule has 0 saturated carbocycles. The molecule has 0 aliphatic carbocycles. The van der Waals surface area contributed by atoms with Gasteiger partial charge in [0, 0.05) is 25.3 Å². The first-order valence-electron chi connectivity index (χ1n) is 16.9. The summed E-state index contributed by atoms with van der Waals surface area (Å²) in [6.07, 6.45) is -0.854. The third-order valence-electron chi connectivity index (χ3n) is 8.67. The molecule has 2 heterocycles. The molecule has 2 amide bonds. The number of nitrogens with one attached hydrogen (secondary N) is 2. The summed E-state index contributed by atoms with van der Waals surface area (Å²) in [5.41, 5.74) is 2.00. The molecule has 13 heteroatoms. The Morgan fingerprint density at radius 2 is 1.56 bits per heavy atom. The van der Waals surface area contributed by atoms with Crippen molar-refractivity contribution in [3.8, 4) is 11.4 Å². The highest BCUT2D eigenvalue weighted by atomic mass is 16.5. The van der Waals surface area contributed by atoms with E-state index in [0.29, 0.717) is 5.56 Å². The first-order valence-corrected chi connectivity index (χ1v) is 16.9. The molecule has 5 aromatic rings. The summed E-state index contributed by atoms with van der Waals surface area (Å²) < 4.78 is 12.4. The van der Waals surface area contributed by atoms with Gasteiger partial charge in [-0.1, -0.05) is 86.6 Å². The van der Waals surface area contributed by atoms with Gasteiger partial charge in [-0.15, -0.1) is 10.2 Å². The normalized spacial score (nSPS) is 11.9. The van der Waals surface area contributed by atoms with E-state index in [2.05, 4.69) is 25.8 Å². The minimum atomic E-state index is -1.05. The van der Waals surface area contributed by atoms with Gasteiger partial charge in [-0.05, 0) is 49.9 Å². The number of nitrogens with zero attached hydrogens (tertiary/aromatic N) is 5. The van der Waals surface area contributed by atoms with Crippen molar-refractivity contribution in [3.63, 3.8) is 0 Å². The highest BCUT2D eigenvalue weighted by Gasteiger charge is 2.34. The lowest BCUT2D eigenvalue weighted by Crippen LogP contribution is -2.47.